The van der Waals surface area contributed by atoms with E-state index in [9.17, 15) is 4.79 Å². The molecule has 0 saturated carbocycles. The minimum atomic E-state index is -0.484. The van der Waals surface area contributed by atoms with E-state index < -0.39 is 5.60 Å². The number of carbonyl (C=O) groups is 1. The van der Waals surface area contributed by atoms with Crippen molar-refractivity contribution in [1.82, 2.24) is 9.88 Å². The molecule has 1 saturated heterocycles. The lowest BCUT2D eigenvalue weighted by atomic mass is 10.1. The number of amides is 1. The van der Waals surface area contributed by atoms with Crippen LogP contribution in [0.1, 0.15) is 52.1 Å². The van der Waals surface area contributed by atoms with E-state index in [0.29, 0.717) is 19.0 Å². The summed E-state index contributed by atoms with van der Waals surface area (Å²) < 4.78 is 11.1. The summed E-state index contributed by atoms with van der Waals surface area (Å²) >= 11 is 0. The van der Waals surface area contributed by atoms with Crippen LogP contribution >= 0.6 is 0 Å². The van der Waals surface area contributed by atoms with Gasteiger partial charge in [-0.15, -0.1) is 0 Å². The number of likely N-dealkylation sites (tertiary alicyclic amines) is 1. The summed E-state index contributed by atoms with van der Waals surface area (Å²) in [6, 6.07) is 3.84. The Hall–Kier alpha value is -1.78. The first-order chi connectivity index (χ1) is 9.92. The Morgan fingerprint density at radius 3 is 2.90 bits per heavy atom. The number of ether oxygens (including phenoxy) is 2. The predicted molar refractivity (Wildman–Crippen MR) is 80.3 cm³/mol. The van der Waals surface area contributed by atoms with Gasteiger partial charge in [-0.2, -0.15) is 0 Å². The van der Waals surface area contributed by atoms with Gasteiger partial charge in [0.25, 0.3) is 0 Å². The van der Waals surface area contributed by atoms with Gasteiger partial charge in [0.1, 0.15) is 5.60 Å². The minimum absolute atomic E-state index is 0.0184. The Morgan fingerprint density at radius 2 is 2.24 bits per heavy atom. The molecule has 0 unspecified atom stereocenters. The van der Waals surface area contributed by atoms with E-state index in [1.807, 2.05) is 39.8 Å². The lowest BCUT2D eigenvalue weighted by Crippen LogP contribution is -2.36. The molecule has 1 fully saturated rings. The fraction of sp³-hybridized carbons (Fsp3) is 0.625. The molecule has 0 radical (unpaired) electrons. The third-order valence-electron chi connectivity index (χ3n) is 3.32. The zero-order chi connectivity index (χ0) is 15.5. The normalized spacial score (nSPS) is 18.7. The summed E-state index contributed by atoms with van der Waals surface area (Å²) in [5.41, 5.74) is 0.477. The molecule has 0 aliphatic carbocycles. The van der Waals surface area contributed by atoms with Crippen molar-refractivity contribution in [2.24, 2.45) is 0 Å². The van der Waals surface area contributed by atoms with E-state index in [0.717, 1.165) is 18.4 Å². The van der Waals surface area contributed by atoms with Crippen molar-refractivity contribution in [1.29, 1.82) is 0 Å². The Labute approximate surface area is 126 Å². The van der Waals surface area contributed by atoms with Crippen LogP contribution in [-0.4, -0.2) is 34.7 Å². The minimum Gasteiger partial charge on any atom is -0.478 e. The van der Waals surface area contributed by atoms with Gasteiger partial charge in [0, 0.05) is 18.3 Å². The fourth-order valence-electron chi connectivity index (χ4n) is 2.54. The van der Waals surface area contributed by atoms with E-state index in [4.69, 9.17) is 9.47 Å². The van der Waals surface area contributed by atoms with Crippen LogP contribution in [0.25, 0.3) is 0 Å². The summed E-state index contributed by atoms with van der Waals surface area (Å²) in [6.07, 6.45) is 3.31. The number of pyridine rings is 1. The van der Waals surface area contributed by atoms with E-state index >= 15 is 0 Å². The Bertz CT molecular complexity index is 497. The van der Waals surface area contributed by atoms with E-state index in [1.165, 1.54) is 0 Å². The highest BCUT2D eigenvalue weighted by Gasteiger charge is 2.34. The van der Waals surface area contributed by atoms with Gasteiger partial charge < -0.3 is 14.4 Å². The molecule has 2 heterocycles. The smallest absolute Gasteiger partial charge is 0.410 e. The Kier molecular flexibility index (Phi) is 4.70. The molecule has 1 aliphatic heterocycles. The molecular weight excluding hydrogens is 268 g/mol. The lowest BCUT2D eigenvalue weighted by molar-refractivity contribution is 0.0222. The van der Waals surface area contributed by atoms with Crippen molar-refractivity contribution in [3.63, 3.8) is 0 Å². The highest BCUT2D eigenvalue weighted by Crippen LogP contribution is 2.36. The monoisotopic (exact) mass is 292 g/mol. The maximum atomic E-state index is 12.4. The quantitative estimate of drug-likeness (QED) is 0.855. The molecule has 1 aromatic heterocycles. The first-order valence-corrected chi connectivity index (χ1v) is 7.49. The summed E-state index contributed by atoms with van der Waals surface area (Å²) in [5.74, 6) is 0.612. The van der Waals surface area contributed by atoms with Gasteiger partial charge in [-0.25, -0.2) is 9.78 Å². The largest absolute Gasteiger partial charge is 0.478 e. The number of carbonyl (C=O) groups excluding carboxylic acids is 1. The van der Waals surface area contributed by atoms with Gasteiger partial charge in [0.15, 0.2) is 0 Å². The van der Waals surface area contributed by atoms with Crippen molar-refractivity contribution in [3.05, 3.63) is 23.9 Å². The highest BCUT2D eigenvalue weighted by atomic mass is 16.6. The number of rotatable bonds is 3. The fourth-order valence-corrected chi connectivity index (χ4v) is 2.54. The third-order valence-corrected chi connectivity index (χ3v) is 3.32. The molecule has 116 valence electrons. The van der Waals surface area contributed by atoms with Crippen LogP contribution in [0.2, 0.25) is 0 Å². The molecule has 0 aromatic carbocycles. The van der Waals surface area contributed by atoms with Crippen LogP contribution < -0.4 is 4.74 Å². The van der Waals surface area contributed by atoms with Crippen molar-refractivity contribution in [2.45, 2.75) is 52.2 Å². The second-order valence-corrected chi connectivity index (χ2v) is 6.16. The number of hydrogen-bond donors (Lipinski definition) is 0. The van der Waals surface area contributed by atoms with Crippen molar-refractivity contribution >= 4 is 6.09 Å². The molecule has 21 heavy (non-hydrogen) atoms. The zero-order valence-corrected chi connectivity index (χ0v) is 13.3. The van der Waals surface area contributed by atoms with Gasteiger partial charge in [-0.1, -0.05) is 6.07 Å². The van der Waals surface area contributed by atoms with Gasteiger partial charge in [-0.05, 0) is 46.6 Å². The average molecular weight is 292 g/mol. The molecule has 1 aromatic rings. The van der Waals surface area contributed by atoms with Crippen LogP contribution in [0.3, 0.4) is 0 Å². The first-order valence-electron chi connectivity index (χ1n) is 7.49. The SMILES string of the molecule is CCOc1ncccc1[C@H]1CCCN1C(=O)OC(C)(C)C. The molecule has 0 spiro atoms. The summed E-state index contributed by atoms with van der Waals surface area (Å²) in [6.45, 7) is 8.84. The molecule has 0 N–H and O–H groups in total. The standard InChI is InChI=1S/C16H24N2O3/c1-5-20-14-12(8-6-10-17-14)13-9-7-11-18(13)15(19)21-16(2,3)4/h6,8,10,13H,5,7,9,11H2,1-4H3/t13-/m1/s1. The average Bonchev–Trinajstić information content (AvgIpc) is 2.87. The first kappa shape index (κ1) is 15.6. The molecule has 0 bridgehead atoms. The van der Waals surface area contributed by atoms with E-state index in [-0.39, 0.29) is 12.1 Å². The van der Waals surface area contributed by atoms with Crippen LogP contribution in [0.15, 0.2) is 18.3 Å². The third kappa shape index (κ3) is 3.86. The Morgan fingerprint density at radius 1 is 1.48 bits per heavy atom. The van der Waals surface area contributed by atoms with Gasteiger partial charge in [0.2, 0.25) is 5.88 Å². The summed E-state index contributed by atoms with van der Waals surface area (Å²) in [4.78, 5) is 18.4. The van der Waals surface area contributed by atoms with Crippen LogP contribution in [0.5, 0.6) is 5.88 Å². The van der Waals surface area contributed by atoms with E-state index in [1.54, 1.807) is 11.1 Å². The van der Waals surface area contributed by atoms with E-state index in [2.05, 4.69) is 4.98 Å². The van der Waals surface area contributed by atoms with Crippen LogP contribution in [0.4, 0.5) is 4.79 Å². The molecule has 5 heteroatoms. The second kappa shape index (κ2) is 6.33. The molecular formula is C16H24N2O3. The van der Waals surface area contributed by atoms with Gasteiger partial charge in [-0.3, -0.25) is 0 Å². The Balaban J connectivity index is 2.21. The summed E-state index contributed by atoms with van der Waals surface area (Å²) in [7, 11) is 0. The second-order valence-electron chi connectivity index (χ2n) is 6.16. The molecule has 2 rings (SSSR count). The zero-order valence-electron chi connectivity index (χ0n) is 13.3. The number of aromatic nitrogens is 1. The maximum Gasteiger partial charge on any atom is 0.410 e. The van der Waals surface area contributed by atoms with Crippen molar-refractivity contribution in [2.75, 3.05) is 13.2 Å². The number of nitrogens with zero attached hydrogens (tertiary/aromatic N) is 2. The summed E-state index contributed by atoms with van der Waals surface area (Å²) in [5, 5.41) is 0. The number of hydrogen-bond acceptors (Lipinski definition) is 4. The van der Waals surface area contributed by atoms with Crippen LogP contribution in [-0.2, 0) is 4.74 Å². The highest BCUT2D eigenvalue weighted by molar-refractivity contribution is 5.69. The van der Waals surface area contributed by atoms with Gasteiger partial charge in [0.05, 0.1) is 12.6 Å². The molecule has 1 aliphatic rings. The molecule has 5 nitrogen and oxygen atoms in total. The molecule has 1 amide bonds. The van der Waals surface area contributed by atoms with Gasteiger partial charge >= 0.3 is 6.09 Å². The molecule has 1 atom stereocenters. The lowest BCUT2D eigenvalue weighted by Gasteiger charge is -2.29. The maximum absolute atomic E-state index is 12.4. The van der Waals surface area contributed by atoms with Crippen molar-refractivity contribution in [3.8, 4) is 5.88 Å². The van der Waals surface area contributed by atoms with Crippen molar-refractivity contribution < 1.29 is 14.3 Å². The topological polar surface area (TPSA) is 51.7 Å². The van der Waals surface area contributed by atoms with Crippen LogP contribution in [0, 0.1) is 0 Å². The predicted octanol–water partition coefficient (Wildman–Crippen LogP) is 3.55.